The van der Waals surface area contributed by atoms with Gasteiger partial charge >= 0.3 is 0 Å². The number of nitrogens with two attached hydrogens (primary N) is 1. The molecule has 1 unspecified atom stereocenters. The van der Waals surface area contributed by atoms with Crippen molar-refractivity contribution in [3.05, 3.63) is 34.1 Å². The normalized spacial score (nSPS) is 20.2. The van der Waals surface area contributed by atoms with E-state index in [-0.39, 0.29) is 17.3 Å². The summed E-state index contributed by atoms with van der Waals surface area (Å²) < 4.78 is 14.1. The highest BCUT2D eigenvalue weighted by atomic mass is 79.9. The zero-order valence-electron chi connectivity index (χ0n) is 11.4. The van der Waals surface area contributed by atoms with Crippen LogP contribution in [0, 0.1) is 11.2 Å². The van der Waals surface area contributed by atoms with Crippen LogP contribution in [0.5, 0.6) is 0 Å². The minimum absolute atomic E-state index is 0.186. The fourth-order valence-electron chi connectivity index (χ4n) is 3.14. The molecular formula is C15H22BrFN2. The second-order valence-electron chi connectivity index (χ2n) is 5.85. The van der Waals surface area contributed by atoms with Gasteiger partial charge in [0.05, 0.1) is 4.47 Å². The molecule has 1 aromatic rings. The van der Waals surface area contributed by atoms with E-state index in [0.29, 0.717) is 4.47 Å². The quantitative estimate of drug-likeness (QED) is 0.649. The molecule has 4 heteroatoms. The van der Waals surface area contributed by atoms with E-state index in [4.69, 9.17) is 5.84 Å². The van der Waals surface area contributed by atoms with E-state index in [2.05, 4.69) is 28.3 Å². The second kappa shape index (κ2) is 6.33. The lowest BCUT2D eigenvalue weighted by Gasteiger charge is -2.40. The summed E-state index contributed by atoms with van der Waals surface area (Å²) in [6, 6.07) is 5.38. The average Bonchev–Trinajstić information content (AvgIpc) is 2.41. The second-order valence-corrected chi connectivity index (χ2v) is 6.64. The van der Waals surface area contributed by atoms with E-state index in [9.17, 15) is 4.39 Å². The molecule has 1 aliphatic carbocycles. The maximum atomic E-state index is 13.6. The molecule has 0 radical (unpaired) electrons. The first-order valence-corrected chi connectivity index (χ1v) is 7.75. The zero-order chi connectivity index (χ0) is 13.9. The van der Waals surface area contributed by atoms with Gasteiger partial charge in [-0.2, -0.15) is 0 Å². The fraction of sp³-hybridized carbons (Fsp3) is 0.600. The molecule has 19 heavy (non-hydrogen) atoms. The molecule has 1 aliphatic rings. The molecule has 2 rings (SSSR count). The average molecular weight is 329 g/mol. The van der Waals surface area contributed by atoms with Crippen LogP contribution in [0.25, 0.3) is 0 Å². The Hall–Kier alpha value is -0.450. The zero-order valence-corrected chi connectivity index (χ0v) is 13.0. The predicted molar refractivity (Wildman–Crippen MR) is 80.1 cm³/mol. The maximum Gasteiger partial charge on any atom is 0.137 e. The van der Waals surface area contributed by atoms with Gasteiger partial charge in [0.15, 0.2) is 0 Å². The number of hydrogen-bond donors (Lipinski definition) is 2. The molecule has 0 heterocycles. The molecule has 0 aromatic heterocycles. The summed E-state index contributed by atoms with van der Waals surface area (Å²) in [7, 11) is 0. The molecule has 1 saturated carbocycles. The van der Waals surface area contributed by atoms with Crippen LogP contribution in [0.2, 0.25) is 0 Å². The Morgan fingerprint density at radius 2 is 2.05 bits per heavy atom. The molecule has 1 fully saturated rings. The van der Waals surface area contributed by atoms with Gasteiger partial charge in [0.25, 0.3) is 0 Å². The molecule has 0 amide bonds. The van der Waals surface area contributed by atoms with Gasteiger partial charge in [0, 0.05) is 6.04 Å². The Morgan fingerprint density at radius 1 is 1.37 bits per heavy atom. The van der Waals surface area contributed by atoms with Gasteiger partial charge in [-0.15, -0.1) is 0 Å². The molecule has 0 saturated heterocycles. The van der Waals surface area contributed by atoms with E-state index in [1.165, 1.54) is 38.2 Å². The first-order chi connectivity index (χ1) is 9.07. The smallest absolute Gasteiger partial charge is 0.137 e. The van der Waals surface area contributed by atoms with E-state index in [1.807, 2.05) is 6.07 Å². The van der Waals surface area contributed by atoms with Crippen molar-refractivity contribution < 1.29 is 4.39 Å². The molecule has 106 valence electrons. The molecular weight excluding hydrogens is 307 g/mol. The van der Waals surface area contributed by atoms with Crippen LogP contribution in [-0.4, -0.2) is 6.04 Å². The van der Waals surface area contributed by atoms with E-state index >= 15 is 0 Å². The van der Waals surface area contributed by atoms with Crippen LogP contribution < -0.4 is 11.3 Å². The Bertz CT molecular complexity index is 430. The number of halogens is 2. The van der Waals surface area contributed by atoms with Gasteiger partial charge in [-0.25, -0.2) is 4.39 Å². The van der Waals surface area contributed by atoms with Crippen LogP contribution in [0.3, 0.4) is 0 Å². The van der Waals surface area contributed by atoms with Crippen molar-refractivity contribution in [3.8, 4) is 0 Å². The van der Waals surface area contributed by atoms with Gasteiger partial charge < -0.3 is 0 Å². The largest absolute Gasteiger partial charge is 0.271 e. The minimum Gasteiger partial charge on any atom is -0.271 e. The van der Waals surface area contributed by atoms with E-state index in [1.54, 1.807) is 6.07 Å². The summed E-state index contributed by atoms with van der Waals surface area (Å²) in [6.45, 7) is 2.30. The molecule has 0 spiro atoms. The first kappa shape index (κ1) is 14.9. The van der Waals surface area contributed by atoms with Crippen LogP contribution in [0.1, 0.15) is 44.6 Å². The summed E-state index contributed by atoms with van der Waals surface area (Å²) in [5.74, 6) is 5.56. The monoisotopic (exact) mass is 328 g/mol. The van der Waals surface area contributed by atoms with Crippen molar-refractivity contribution in [2.45, 2.75) is 51.5 Å². The number of hydrazine groups is 1. The Morgan fingerprint density at radius 3 is 2.68 bits per heavy atom. The maximum absolute atomic E-state index is 13.6. The van der Waals surface area contributed by atoms with Gasteiger partial charge in [0.1, 0.15) is 5.82 Å². The summed E-state index contributed by atoms with van der Waals surface area (Å²) in [6.07, 6.45) is 6.98. The summed E-state index contributed by atoms with van der Waals surface area (Å²) in [5, 5.41) is 0. The number of hydrogen-bond acceptors (Lipinski definition) is 2. The van der Waals surface area contributed by atoms with E-state index in [0.717, 1.165) is 12.0 Å². The highest BCUT2D eigenvalue weighted by Gasteiger charge is 2.35. The Balaban J connectivity index is 2.16. The van der Waals surface area contributed by atoms with E-state index < -0.39 is 0 Å². The number of benzene rings is 1. The summed E-state index contributed by atoms with van der Waals surface area (Å²) >= 11 is 3.34. The molecule has 2 nitrogen and oxygen atoms in total. The lowest BCUT2D eigenvalue weighted by atomic mass is 9.69. The topological polar surface area (TPSA) is 38.0 Å². The highest BCUT2D eigenvalue weighted by molar-refractivity contribution is 9.10. The molecule has 3 N–H and O–H groups in total. The molecule has 1 atom stereocenters. The van der Waals surface area contributed by atoms with Gasteiger partial charge in [-0.05, 0) is 52.2 Å². The van der Waals surface area contributed by atoms with Crippen LogP contribution >= 0.6 is 15.9 Å². The first-order valence-electron chi connectivity index (χ1n) is 6.96. The summed E-state index contributed by atoms with van der Waals surface area (Å²) in [4.78, 5) is 0. The highest BCUT2D eigenvalue weighted by Crippen LogP contribution is 2.40. The molecule has 1 aromatic carbocycles. The third-order valence-electron chi connectivity index (χ3n) is 4.49. The number of rotatable bonds is 4. The fourth-order valence-corrected chi connectivity index (χ4v) is 3.57. The van der Waals surface area contributed by atoms with Crippen molar-refractivity contribution in [1.82, 2.24) is 5.43 Å². The summed E-state index contributed by atoms with van der Waals surface area (Å²) in [5.41, 5.74) is 4.15. The standard InChI is InChI=1S/C15H22BrFN2/c1-15(8-3-2-4-9-15)13(19-18)10-11-6-5-7-12(17)14(11)16/h5-7,13,19H,2-4,8-10,18H2,1H3. The molecule has 0 bridgehead atoms. The van der Waals surface area contributed by atoms with Crippen LogP contribution in [-0.2, 0) is 6.42 Å². The van der Waals surface area contributed by atoms with Crippen molar-refractivity contribution in [1.29, 1.82) is 0 Å². The molecule has 0 aliphatic heterocycles. The lowest BCUT2D eigenvalue weighted by molar-refractivity contribution is 0.144. The van der Waals surface area contributed by atoms with Gasteiger partial charge in [-0.3, -0.25) is 11.3 Å². The van der Waals surface area contributed by atoms with Crippen LogP contribution in [0.15, 0.2) is 22.7 Å². The minimum atomic E-state index is -0.206. The van der Waals surface area contributed by atoms with Gasteiger partial charge in [-0.1, -0.05) is 38.3 Å². The predicted octanol–water partition coefficient (Wildman–Crippen LogP) is 3.93. The SMILES string of the molecule is CC1(C(Cc2cccc(F)c2Br)NN)CCCCC1. The lowest BCUT2D eigenvalue weighted by Crippen LogP contribution is -2.49. The Kier molecular flexibility index (Phi) is 4.98. The van der Waals surface area contributed by atoms with Gasteiger partial charge in [0.2, 0.25) is 0 Å². The van der Waals surface area contributed by atoms with Crippen LogP contribution in [0.4, 0.5) is 4.39 Å². The number of nitrogens with one attached hydrogen (secondary N) is 1. The third kappa shape index (κ3) is 3.36. The van der Waals surface area contributed by atoms with Crippen molar-refractivity contribution >= 4 is 15.9 Å². The van der Waals surface area contributed by atoms with Crippen molar-refractivity contribution in [3.63, 3.8) is 0 Å². The van der Waals surface area contributed by atoms with Crippen molar-refractivity contribution in [2.75, 3.05) is 0 Å². The Labute approximate surface area is 123 Å². The van der Waals surface area contributed by atoms with Crippen molar-refractivity contribution in [2.24, 2.45) is 11.3 Å². The third-order valence-corrected chi connectivity index (χ3v) is 5.38.